The number of amides is 1. The summed E-state index contributed by atoms with van der Waals surface area (Å²) in [5, 5.41) is 2.92. The van der Waals surface area contributed by atoms with Crippen LogP contribution in [-0.2, 0) is 17.9 Å². The van der Waals surface area contributed by atoms with Crippen LogP contribution in [0.2, 0.25) is 0 Å². The summed E-state index contributed by atoms with van der Waals surface area (Å²) in [6.07, 6.45) is 1.72. The molecule has 0 saturated heterocycles. The Morgan fingerprint density at radius 3 is 2.50 bits per heavy atom. The first-order valence-corrected chi connectivity index (χ1v) is 7.98. The summed E-state index contributed by atoms with van der Waals surface area (Å²) in [5.41, 5.74) is 2.81. The van der Waals surface area contributed by atoms with Gasteiger partial charge in [0.15, 0.2) is 0 Å². The summed E-state index contributed by atoms with van der Waals surface area (Å²) in [7, 11) is 0. The number of halogens is 1. The van der Waals surface area contributed by atoms with E-state index >= 15 is 0 Å². The van der Waals surface area contributed by atoms with E-state index in [2.05, 4.69) is 11.9 Å². The molecule has 0 unspecified atom stereocenters. The molecule has 1 N–H and O–H groups in total. The third-order valence-electron chi connectivity index (χ3n) is 3.84. The fourth-order valence-electron chi connectivity index (χ4n) is 2.50. The van der Waals surface area contributed by atoms with Gasteiger partial charge in [-0.2, -0.15) is 0 Å². The van der Waals surface area contributed by atoms with Crippen LogP contribution in [0.25, 0.3) is 0 Å². The first-order chi connectivity index (χ1) is 11.6. The van der Waals surface area contributed by atoms with E-state index in [0.29, 0.717) is 25.2 Å². The normalized spacial score (nSPS) is 10.6. The van der Waals surface area contributed by atoms with Crippen molar-refractivity contribution in [2.24, 2.45) is 0 Å². The second-order valence-electron chi connectivity index (χ2n) is 5.75. The van der Waals surface area contributed by atoms with E-state index in [4.69, 9.17) is 0 Å². The van der Waals surface area contributed by atoms with Crippen LogP contribution in [0.3, 0.4) is 0 Å². The van der Waals surface area contributed by atoms with Crippen molar-refractivity contribution in [3.63, 3.8) is 0 Å². The van der Waals surface area contributed by atoms with Crippen LogP contribution in [0.15, 0.2) is 61.2 Å². The van der Waals surface area contributed by atoms with E-state index in [1.54, 1.807) is 24.3 Å². The lowest BCUT2D eigenvalue weighted by Crippen LogP contribution is -2.37. The minimum absolute atomic E-state index is 0.0866. The lowest BCUT2D eigenvalue weighted by atomic mass is 10.1. The highest BCUT2D eigenvalue weighted by Crippen LogP contribution is 2.10. The molecule has 0 aliphatic rings. The summed E-state index contributed by atoms with van der Waals surface area (Å²) in [4.78, 5) is 14.1. The average molecular weight is 326 g/mol. The van der Waals surface area contributed by atoms with Crippen LogP contribution in [-0.4, -0.2) is 23.9 Å². The summed E-state index contributed by atoms with van der Waals surface area (Å²) in [5.74, 6) is -0.344. The van der Waals surface area contributed by atoms with Gasteiger partial charge in [-0.15, -0.1) is 6.58 Å². The van der Waals surface area contributed by atoms with E-state index in [0.717, 1.165) is 11.1 Å². The van der Waals surface area contributed by atoms with Gasteiger partial charge >= 0.3 is 0 Å². The maximum Gasteiger partial charge on any atom is 0.234 e. The first kappa shape index (κ1) is 17.9. The van der Waals surface area contributed by atoms with Gasteiger partial charge in [-0.1, -0.05) is 48.5 Å². The van der Waals surface area contributed by atoms with Crippen LogP contribution in [0.1, 0.15) is 16.7 Å². The maximum absolute atomic E-state index is 13.8. The van der Waals surface area contributed by atoms with Gasteiger partial charge in [0.2, 0.25) is 5.91 Å². The molecule has 0 aliphatic heterocycles. The molecule has 0 radical (unpaired) electrons. The second-order valence-corrected chi connectivity index (χ2v) is 5.75. The first-order valence-electron chi connectivity index (χ1n) is 7.98. The third-order valence-corrected chi connectivity index (χ3v) is 3.84. The van der Waals surface area contributed by atoms with Crippen molar-refractivity contribution in [3.05, 3.63) is 83.7 Å². The highest BCUT2D eigenvalue weighted by atomic mass is 19.1. The molecule has 126 valence electrons. The Morgan fingerprint density at radius 2 is 1.83 bits per heavy atom. The predicted molar refractivity (Wildman–Crippen MR) is 94.9 cm³/mol. The highest BCUT2D eigenvalue weighted by molar-refractivity contribution is 5.78. The Labute approximate surface area is 142 Å². The molecule has 0 bridgehead atoms. The number of carbonyl (C=O) groups is 1. The number of hydrogen-bond donors (Lipinski definition) is 1. The van der Waals surface area contributed by atoms with Crippen LogP contribution < -0.4 is 5.32 Å². The molecular formula is C20H23FN2O. The largest absolute Gasteiger partial charge is 0.351 e. The van der Waals surface area contributed by atoms with Crippen molar-refractivity contribution >= 4 is 5.91 Å². The van der Waals surface area contributed by atoms with E-state index in [-0.39, 0.29) is 18.3 Å². The fourth-order valence-corrected chi connectivity index (χ4v) is 2.50. The topological polar surface area (TPSA) is 32.3 Å². The molecule has 0 heterocycles. The summed E-state index contributed by atoms with van der Waals surface area (Å²) >= 11 is 0. The van der Waals surface area contributed by atoms with Gasteiger partial charge in [-0.3, -0.25) is 9.69 Å². The molecule has 0 saturated carbocycles. The van der Waals surface area contributed by atoms with Crippen LogP contribution in [0, 0.1) is 12.7 Å². The SMILES string of the molecule is C=CCN(CC(=O)NCc1ccccc1C)Cc1ccccc1F. The number of rotatable bonds is 8. The Kier molecular flexibility index (Phi) is 6.70. The summed E-state index contributed by atoms with van der Waals surface area (Å²) in [6.45, 7) is 7.31. The molecule has 0 atom stereocenters. The van der Waals surface area contributed by atoms with Crippen LogP contribution >= 0.6 is 0 Å². The minimum atomic E-state index is -0.258. The number of nitrogens with zero attached hydrogens (tertiary/aromatic N) is 1. The third kappa shape index (κ3) is 5.32. The Hall–Kier alpha value is -2.46. The molecule has 0 fully saturated rings. The number of carbonyl (C=O) groups excluding carboxylic acids is 1. The number of hydrogen-bond acceptors (Lipinski definition) is 2. The smallest absolute Gasteiger partial charge is 0.234 e. The van der Waals surface area contributed by atoms with Gasteiger partial charge in [0, 0.05) is 25.2 Å². The molecule has 1 amide bonds. The summed E-state index contributed by atoms with van der Waals surface area (Å²) < 4.78 is 13.8. The summed E-state index contributed by atoms with van der Waals surface area (Å²) in [6, 6.07) is 14.6. The molecule has 2 aromatic carbocycles. The quantitative estimate of drug-likeness (QED) is 0.754. The maximum atomic E-state index is 13.8. The molecule has 3 nitrogen and oxygen atoms in total. The lowest BCUT2D eigenvalue weighted by Gasteiger charge is -2.20. The molecule has 24 heavy (non-hydrogen) atoms. The van der Waals surface area contributed by atoms with Crippen molar-refractivity contribution in [1.82, 2.24) is 10.2 Å². The molecule has 4 heteroatoms. The van der Waals surface area contributed by atoms with E-state index in [9.17, 15) is 9.18 Å². The zero-order valence-electron chi connectivity index (χ0n) is 14.0. The van der Waals surface area contributed by atoms with Crippen molar-refractivity contribution in [1.29, 1.82) is 0 Å². The van der Waals surface area contributed by atoms with Crippen molar-refractivity contribution in [3.8, 4) is 0 Å². The van der Waals surface area contributed by atoms with Crippen molar-refractivity contribution in [2.75, 3.05) is 13.1 Å². The number of benzene rings is 2. The highest BCUT2D eigenvalue weighted by Gasteiger charge is 2.12. The molecule has 0 spiro atoms. The van der Waals surface area contributed by atoms with Crippen LogP contribution in [0.4, 0.5) is 4.39 Å². The fraction of sp³-hybridized carbons (Fsp3) is 0.250. The second kappa shape index (κ2) is 8.99. The van der Waals surface area contributed by atoms with Crippen molar-refractivity contribution in [2.45, 2.75) is 20.0 Å². The molecule has 2 aromatic rings. The van der Waals surface area contributed by atoms with E-state index in [1.807, 2.05) is 36.1 Å². The Bertz CT molecular complexity index is 700. The zero-order chi connectivity index (χ0) is 17.4. The van der Waals surface area contributed by atoms with E-state index in [1.165, 1.54) is 6.07 Å². The minimum Gasteiger partial charge on any atom is -0.351 e. The van der Waals surface area contributed by atoms with Crippen LogP contribution in [0.5, 0.6) is 0 Å². The van der Waals surface area contributed by atoms with Gasteiger partial charge in [0.1, 0.15) is 5.82 Å². The number of nitrogens with one attached hydrogen (secondary N) is 1. The van der Waals surface area contributed by atoms with Gasteiger partial charge in [0.05, 0.1) is 6.54 Å². The number of aryl methyl sites for hydroxylation is 1. The zero-order valence-corrected chi connectivity index (χ0v) is 14.0. The lowest BCUT2D eigenvalue weighted by molar-refractivity contribution is -0.122. The van der Waals surface area contributed by atoms with Gasteiger partial charge < -0.3 is 5.32 Å². The Balaban J connectivity index is 1.92. The van der Waals surface area contributed by atoms with Gasteiger partial charge in [-0.05, 0) is 24.1 Å². The van der Waals surface area contributed by atoms with Crippen molar-refractivity contribution < 1.29 is 9.18 Å². The predicted octanol–water partition coefficient (Wildman–Crippen LogP) is 3.44. The average Bonchev–Trinajstić information content (AvgIpc) is 2.56. The monoisotopic (exact) mass is 326 g/mol. The molecule has 0 aliphatic carbocycles. The van der Waals surface area contributed by atoms with Gasteiger partial charge in [-0.25, -0.2) is 4.39 Å². The molecular weight excluding hydrogens is 303 g/mol. The Morgan fingerprint density at radius 1 is 1.17 bits per heavy atom. The van der Waals surface area contributed by atoms with Gasteiger partial charge in [0.25, 0.3) is 0 Å². The standard InChI is InChI=1S/C20H23FN2O/c1-3-12-23(14-18-10-6-7-11-19(18)21)15-20(24)22-13-17-9-5-4-8-16(17)2/h3-11H,1,12-15H2,2H3,(H,22,24). The molecule has 0 aromatic heterocycles. The van der Waals surface area contributed by atoms with E-state index < -0.39 is 0 Å². The molecule has 2 rings (SSSR count).